The molecule has 0 aromatic heterocycles. The van der Waals surface area contributed by atoms with Gasteiger partial charge < -0.3 is 14.2 Å². The minimum absolute atomic E-state index is 0.00856. The molecule has 2 aromatic rings. The number of ether oxygens (including phenoxy) is 3. The summed E-state index contributed by atoms with van der Waals surface area (Å²) in [4.78, 5) is 23.8. The van der Waals surface area contributed by atoms with Gasteiger partial charge in [-0.15, -0.1) is 0 Å². The summed E-state index contributed by atoms with van der Waals surface area (Å²) in [5, 5.41) is 0. The van der Waals surface area contributed by atoms with Gasteiger partial charge >= 0.3 is 18.1 Å². The van der Waals surface area contributed by atoms with Crippen molar-refractivity contribution in [3.63, 3.8) is 0 Å². The van der Waals surface area contributed by atoms with Gasteiger partial charge in [0, 0.05) is 12.5 Å². The van der Waals surface area contributed by atoms with Crippen LogP contribution in [0.5, 0.6) is 17.2 Å². The maximum absolute atomic E-state index is 13.4. The van der Waals surface area contributed by atoms with Gasteiger partial charge in [-0.25, -0.2) is 18.4 Å². The summed E-state index contributed by atoms with van der Waals surface area (Å²) in [5.74, 6) is -7.13. The summed E-state index contributed by atoms with van der Waals surface area (Å²) >= 11 is 0. The van der Waals surface area contributed by atoms with E-state index in [1.165, 1.54) is 49.6 Å². The number of benzene rings is 2. The first-order valence-electron chi connectivity index (χ1n) is 8.80. The number of esters is 2. The van der Waals surface area contributed by atoms with Crippen molar-refractivity contribution in [2.75, 3.05) is 7.11 Å². The molecule has 32 heavy (non-hydrogen) atoms. The molecule has 0 aliphatic carbocycles. The molecule has 0 aliphatic rings. The minimum Gasteiger partial charge on any atom is -0.493 e. The molecule has 2 rings (SSSR count). The zero-order valence-corrected chi connectivity index (χ0v) is 16.9. The van der Waals surface area contributed by atoms with E-state index >= 15 is 0 Å². The van der Waals surface area contributed by atoms with Crippen LogP contribution in [0.4, 0.5) is 22.0 Å². The number of para-hydroxylation sites is 1. The van der Waals surface area contributed by atoms with E-state index in [-0.39, 0.29) is 28.4 Å². The summed E-state index contributed by atoms with van der Waals surface area (Å²) < 4.78 is 79.7. The Kier molecular flexibility index (Phi) is 7.07. The van der Waals surface area contributed by atoms with Gasteiger partial charge in [-0.05, 0) is 23.8 Å². The van der Waals surface area contributed by atoms with Gasteiger partial charge in [0.15, 0.2) is 11.5 Å². The van der Waals surface area contributed by atoms with Gasteiger partial charge in [-0.2, -0.15) is 13.2 Å². The fraction of sp³-hybridized carbons (Fsp3) is 0.182. The average Bonchev–Trinajstić information content (AvgIpc) is 2.71. The molecular formula is C22H17F5O5. The number of carbonyl (C=O) groups excluding carboxylic acids is 2. The lowest BCUT2D eigenvalue weighted by Gasteiger charge is -2.16. The van der Waals surface area contributed by atoms with Crippen LogP contribution in [-0.2, 0) is 9.59 Å². The first kappa shape index (κ1) is 24.6. The molecule has 0 unspecified atom stereocenters. The van der Waals surface area contributed by atoms with Crippen molar-refractivity contribution in [3.05, 3.63) is 66.8 Å². The molecule has 0 fully saturated rings. The van der Waals surface area contributed by atoms with Gasteiger partial charge in [0.1, 0.15) is 11.3 Å². The SMILES string of the molecule is C=C(C(=O)Oc1cc(-c2ccccc2OC(=O)C(=C)C(F)(F)F)ccc1OC)C(C)(F)F. The Balaban J connectivity index is 2.42. The monoisotopic (exact) mass is 456 g/mol. The Morgan fingerprint density at radius 3 is 1.94 bits per heavy atom. The zero-order chi connectivity index (χ0) is 24.3. The van der Waals surface area contributed by atoms with Crippen molar-refractivity contribution >= 4 is 11.9 Å². The topological polar surface area (TPSA) is 61.8 Å². The Bertz CT molecular complexity index is 1070. The highest BCUT2D eigenvalue weighted by Crippen LogP contribution is 2.38. The van der Waals surface area contributed by atoms with Gasteiger partial charge in [0.25, 0.3) is 5.92 Å². The summed E-state index contributed by atoms with van der Waals surface area (Å²) in [5.41, 5.74) is -2.42. The fourth-order valence-electron chi connectivity index (χ4n) is 2.34. The van der Waals surface area contributed by atoms with E-state index in [0.29, 0.717) is 6.92 Å². The van der Waals surface area contributed by atoms with E-state index in [4.69, 9.17) is 14.2 Å². The molecule has 0 aliphatic heterocycles. The van der Waals surface area contributed by atoms with Crippen molar-refractivity contribution < 1.29 is 45.8 Å². The number of carbonyl (C=O) groups is 2. The second kappa shape index (κ2) is 9.21. The zero-order valence-electron chi connectivity index (χ0n) is 16.9. The number of rotatable bonds is 7. The van der Waals surface area contributed by atoms with Crippen molar-refractivity contribution in [1.82, 2.24) is 0 Å². The Morgan fingerprint density at radius 1 is 0.812 bits per heavy atom. The van der Waals surface area contributed by atoms with E-state index in [2.05, 4.69) is 13.2 Å². The maximum atomic E-state index is 13.4. The lowest BCUT2D eigenvalue weighted by molar-refractivity contribution is -0.142. The number of alkyl halides is 5. The minimum atomic E-state index is -4.97. The van der Waals surface area contributed by atoms with Gasteiger partial charge in [-0.1, -0.05) is 37.4 Å². The van der Waals surface area contributed by atoms with Crippen LogP contribution in [0.2, 0.25) is 0 Å². The second-order valence-electron chi connectivity index (χ2n) is 6.48. The molecule has 0 radical (unpaired) electrons. The molecule has 0 spiro atoms. The molecule has 0 amide bonds. The molecule has 0 bridgehead atoms. The van der Waals surface area contributed by atoms with Crippen molar-refractivity contribution in [3.8, 4) is 28.4 Å². The van der Waals surface area contributed by atoms with E-state index < -0.39 is 35.2 Å². The second-order valence-corrected chi connectivity index (χ2v) is 6.48. The highest BCUT2D eigenvalue weighted by molar-refractivity contribution is 5.93. The third kappa shape index (κ3) is 5.71. The quantitative estimate of drug-likeness (QED) is 0.238. The van der Waals surface area contributed by atoms with Gasteiger partial charge in [-0.3, -0.25) is 0 Å². The van der Waals surface area contributed by atoms with Gasteiger partial charge in [0.2, 0.25) is 0 Å². The first-order chi connectivity index (χ1) is 14.8. The Labute approximate surface area is 179 Å². The Morgan fingerprint density at radius 2 is 1.38 bits per heavy atom. The third-order valence-electron chi connectivity index (χ3n) is 4.13. The molecule has 2 aromatic carbocycles. The molecular weight excluding hydrogens is 439 g/mol. The average molecular weight is 456 g/mol. The lowest BCUT2D eigenvalue weighted by atomic mass is 10.0. The number of halogens is 5. The third-order valence-corrected chi connectivity index (χ3v) is 4.13. The van der Waals surface area contributed by atoms with E-state index in [1.807, 2.05) is 0 Å². The largest absolute Gasteiger partial charge is 0.493 e. The highest BCUT2D eigenvalue weighted by atomic mass is 19.4. The predicted octanol–water partition coefficient (Wildman–Crippen LogP) is 5.50. The van der Waals surface area contributed by atoms with Crippen LogP contribution >= 0.6 is 0 Å². The van der Waals surface area contributed by atoms with Crippen molar-refractivity contribution in [2.24, 2.45) is 0 Å². The number of methoxy groups -OCH3 is 1. The summed E-state index contributed by atoms with van der Waals surface area (Å²) in [7, 11) is 1.24. The van der Waals surface area contributed by atoms with Crippen LogP contribution in [0.1, 0.15) is 6.92 Å². The molecule has 170 valence electrons. The lowest BCUT2D eigenvalue weighted by Crippen LogP contribution is -2.24. The van der Waals surface area contributed by atoms with Crippen LogP contribution in [0.3, 0.4) is 0 Å². The van der Waals surface area contributed by atoms with E-state index in [0.717, 1.165) is 0 Å². The predicted molar refractivity (Wildman–Crippen MR) is 105 cm³/mol. The maximum Gasteiger partial charge on any atom is 0.422 e. The van der Waals surface area contributed by atoms with E-state index in [1.54, 1.807) is 0 Å². The summed E-state index contributed by atoms with van der Waals surface area (Å²) in [6.45, 7) is 6.18. The van der Waals surface area contributed by atoms with Crippen LogP contribution in [0.15, 0.2) is 66.8 Å². The summed E-state index contributed by atoms with van der Waals surface area (Å²) in [6, 6.07) is 9.57. The highest BCUT2D eigenvalue weighted by Gasteiger charge is 2.38. The number of hydrogen-bond acceptors (Lipinski definition) is 5. The van der Waals surface area contributed by atoms with Crippen molar-refractivity contribution in [1.29, 1.82) is 0 Å². The Hall–Kier alpha value is -3.69. The standard InChI is InChI=1S/C22H17F5O5/c1-12(21(3,23)24)19(28)32-18-11-14(9-10-17(18)30-4)15-7-5-6-8-16(15)31-20(29)13(2)22(25,26)27/h5-11H,1-2H2,3-4H3. The van der Waals surface area contributed by atoms with Crippen molar-refractivity contribution in [2.45, 2.75) is 19.0 Å². The summed E-state index contributed by atoms with van der Waals surface area (Å²) in [6.07, 6.45) is -4.97. The molecule has 10 heteroatoms. The fourth-order valence-corrected chi connectivity index (χ4v) is 2.34. The van der Waals surface area contributed by atoms with Crippen LogP contribution in [0, 0.1) is 0 Å². The van der Waals surface area contributed by atoms with Crippen LogP contribution < -0.4 is 14.2 Å². The molecule has 0 atom stereocenters. The molecule has 0 saturated carbocycles. The molecule has 0 heterocycles. The smallest absolute Gasteiger partial charge is 0.422 e. The first-order valence-corrected chi connectivity index (χ1v) is 8.80. The molecule has 5 nitrogen and oxygen atoms in total. The molecule has 0 N–H and O–H groups in total. The normalized spacial score (nSPS) is 11.5. The van der Waals surface area contributed by atoms with Crippen LogP contribution in [0.25, 0.3) is 11.1 Å². The van der Waals surface area contributed by atoms with E-state index in [9.17, 15) is 31.5 Å². The molecule has 0 saturated heterocycles. The van der Waals surface area contributed by atoms with Gasteiger partial charge in [0.05, 0.1) is 12.7 Å². The van der Waals surface area contributed by atoms with Crippen LogP contribution in [-0.4, -0.2) is 31.1 Å². The number of hydrogen-bond donors (Lipinski definition) is 0.